The molecule has 0 saturated carbocycles. The van der Waals surface area contributed by atoms with Gasteiger partial charge in [0.25, 0.3) is 5.56 Å². The van der Waals surface area contributed by atoms with E-state index < -0.39 is 11.2 Å². The van der Waals surface area contributed by atoms with Crippen molar-refractivity contribution in [1.29, 1.82) is 0 Å². The van der Waals surface area contributed by atoms with Crippen molar-refractivity contribution < 1.29 is 0 Å². The summed E-state index contributed by atoms with van der Waals surface area (Å²) < 4.78 is 0. The SMILES string of the molecule is Cc1cccc(C=Nc2c[nH]c(=O)[nH]c2=O)n1. The molecule has 0 aliphatic heterocycles. The summed E-state index contributed by atoms with van der Waals surface area (Å²) in [6.07, 6.45) is 2.73. The van der Waals surface area contributed by atoms with E-state index in [1.165, 1.54) is 12.4 Å². The van der Waals surface area contributed by atoms with Gasteiger partial charge in [0, 0.05) is 11.9 Å². The lowest BCUT2D eigenvalue weighted by Crippen LogP contribution is -2.20. The fraction of sp³-hybridized carbons (Fsp3) is 0.0909. The third-order valence-electron chi connectivity index (χ3n) is 2.05. The van der Waals surface area contributed by atoms with E-state index in [9.17, 15) is 9.59 Å². The van der Waals surface area contributed by atoms with E-state index in [2.05, 4.69) is 19.9 Å². The molecule has 0 radical (unpaired) electrons. The van der Waals surface area contributed by atoms with Gasteiger partial charge in [-0.3, -0.25) is 14.8 Å². The standard InChI is InChI=1S/C11H10N4O2/c1-7-3-2-4-8(14-7)5-12-9-6-13-11(17)15-10(9)16/h2-6H,1H3,(H2,13,15,16,17). The Morgan fingerprint density at radius 2 is 2.18 bits per heavy atom. The Bertz CT molecular complexity index is 669. The number of hydrogen-bond acceptors (Lipinski definition) is 4. The van der Waals surface area contributed by atoms with Crippen LogP contribution in [0.15, 0.2) is 39.0 Å². The second-order valence-corrected chi connectivity index (χ2v) is 3.42. The molecule has 6 heteroatoms. The second-order valence-electron chi connectivity index (χ2n) is 3.42. The molecule has 86 valence electrons. The monoisotopic (exact) mass is 230 g/mol. The van der Waals surface area contributed by atoms with E-state index in [4.69, 9.17) is 0 Å². The lowest BCUT2D eigenvalue weighted by Gasteiger charge is -1.94. The van der Waals surface area contributed by atoms with Gasteiger partial charge in [-0.15, -0.1) is 0 Å². The minimum atomic E-state index is -0.553. The Kier molecular flexibility index (Phi) is 2.95. The highest BCUT2D eigenvalue weighted by molar-refractivity contribution is 5.79. The Morgan fingerprint density at radius 1 is 1.35 bits per heavy atom. The molecule has 0 aromatic carbocycles. The lowest BCUT2D eigenvalue weighted by molar-refractivity contribution is 1.03. The average Bonchev–Trinajstić information content (AvgIpc) is 2.28. The average molecular weight is 230 g/mol. The Hall–Kier alpha value is -2.50. The molecular formula is C11H10N4O2. The van der Waals surface area contributed by atoms with E-state index in [1.807, 2.05) is 19.1 Å². The van der Waals surface area contributed by atoms with E-state index in [0.29, 0.717) is 5.69 Å². The first kappa shape index (κ1) is 11.0. The van der Waals surface area contributed by atoms with Gasteiger partial charge in [0.1, 0.15) is 5.69 Å². The molecule has 2 N–H and O–H groups in total. The van der Waals surface area contributed by atoms with Crippen LogP contribution >= 0.6 is 0 Å². The molecule has 0 fully saturated rings. The van der Waals surface area contributed by atoms with Gasteiger partial charge >= 0.3 is 5.69 Å². The molecule has 2 aromatic heterocycles. The molecule has 0 unspecified atom stereocenters. The fourth-order valence-corrected chi connectivity index (χ4v) is 1.27. The third kappa shape index (κ3) is 2.75. The van der Waals surface area contributed by atoms with Crippen LogP contribution in [-0.4, -0.2) is 21.2 Å². The topological polar surface area (TPSA) is 91.0 Å². The van der Waals surface area contributed by atoms with Gasteiger partial charge in [0.05, 0.1) is 11.9 Å². The molecule has 2 heterocycles. The number of H-pyrrole nitrogens is 2. The van der Waals surface area contributed by atoms with Crippen LogP contribution in [0.5, 0.6) is 0 Å². The maximum atomic E-state index is 11.3. The maximum absolute atomic E-state index is 11.3. The molecule has 17 heavy (non-hydrogen) atoms. The quantitative estimate of drug-likeness (QED) is 0.736. The second kappa shape index (κ2) is 4.56. The van der Waals surface area contributed by atoms with Crippen LogP contribution in [0.25, 0.3) is 0 Å². The molecule has 0 bridgehead atoms. The first-order valence-electron chi connectivity index (χ1n) is 4.95. The number of aliphatic imine (C=N–C) groups is 1. The van der Waals surface area contributed by atoms with Crippen LogP contribution in [0, 0.1) is 6.92 Å². The number of aromatic nitrogens is 3. The number of nitrogens with one attached hydrogen (secondary N) is 2. The van der Waals surface area contributed by atoms with Crippen LogP contribution in [0.2, 0.25) is 0 Å². The summed E-state index contributed by atoms with van der Waals surface area (Å²) in [6.45, 7) is 1.87. The summed E-state index contributed by atoms with van der Waals surface area (Å²) in [5.41, 5.74) is 0.563. The number of pyridine rings is 1. The molecule has 0 aliphatic carbocycles. The maximum Gasteiger partial charge on any atom is 0.325 e. The first-order valence-corrected chi connectivity index (χ1v) is 4.95. The molecule has 0 spiro atoms. The molecule has 0 saturated heterocycles. The van der Waals surface area contributed by atoms with Crippen molar-refractivity contribution in [2.75, 3.05) is 0 Å². The Labute approximate surface area is 96.1 Å². The van der Waals surface area contributed by atoms with Crippen molar-refractivity contribution in [3.8, 4) is 0 Å². The molecule has 0 amide bonds. The number of aryl methyl sites for hydroxylation is 1. The van der Waals surface area contributed by atoms with Crippen molar-refractivity contribution in [3.63, 3.8) is 0 Å². The largest absolute Gasteiger partial charge is 0.325 e. The molecular weight excluding hydrogens is 220 g/mol. The summed E-state index contributed by atoms with van der Waals surface area (Å²) in [5.74, 6) is 0. The Morgan fingerprint density at radius 3 is 2.88 bits per heavy atom. The van der Waals surface area contributed by atoms with E-state index in [0.717, 1.165) is 5.69 Å². The molecule has 2 aromatic rings. The number of nitrogens with zero attached hydrogens (tertiary/aromatic N) is 2. The van der Waals surface area contributed by atoms with Crippen LogP contribution in [-0.2, 0) is 0 Å². The minimum absolute atomic E-state index is 0.132. The van der Waals surface area contributed by atoms with Gasteiger partial charge in [0.2, 0.25) is 0 Å². The normalized spacial score (nSPS) is 10.9. The van der Waals surface area contributed by atoms with Gasteiger partial charge in [0.15, 0.2) is 0 Å². The number of aromatic amines is 2. The summed E-state index contributed by atoms with van der Waals surface area (Å²) in [4.78, 5) is 34.7. The van der Waals surface area contributed by atoms with E-state index in [-0.39, 0.29) is 5.69 Å². The molecule has 2 rings (SSSR count). The zero-order valence-electron chi connectivity index (χ0n) is 9.10. The van der Waals surface area contributed by atoms with Crippen molar-refractivity contribution in [2.45, 2.75) is 6.92 Å². The smallest absolute Gasteiger partial charge is 0.312 e. The predicted octanol–water partition coefficient (Wildman–Crippen LogP) is 0.517. The zero-order valence-corrected chi connectivity index (χ0v) is 9.10. The predicted molar refractivity (Wildman–Crippen MR) is 63.9 cm³/mol. The van der Waals surface area contributed by atoms with Gasteiger partial charge < -0.3 is 4.98 Å². The van der Waals surface area contributed by atoms with Gasteiger partial charge in [-0.25, -0.2) is 9.79 Å². The lowest BCUT2D eigenvalue weighted by atomic mass is 10.3. The van der Waals surface area contributed by atoms with E-state index in [1.54, 1.807) is 6.07 Å². The number of rotatable bonds is 2. The van der Waals surface area contributed by atoms with Crippen LogP contribution in [0.1, 0.15) is 11.4 Å². The van der Waals surface area contributed by atoms with Gasteiger partial charge in [-0.05, 0) is 19.1 Å². The summed E-state index contributed by atoms with van der Waals surface area (Å²) >= 11 is 0. The molecule has 6 nitrogen and oxygen atoms in total. The van der Waals surface area contributed by atoms with Gasteiger partial charge in [-0.2, -0.15) is 0 Å². The Balaban J connectivity index is 2.32. The molecule has 0 atom stereocenters. The minimum Gasteiger partial charge on any atom is -0.312 e. The van der Waals surface area contributed by atoms with Crippen LogP contribution in [0.4, 0.5) is 5.69 Å². The van der Waals surface area contributed by atoms with Gasteiger partial charge in [-0.1, -0.05) is 6.07 Å². The molecule has 0 aliphatic rings. The zero-order chi connectivity index (χ0) is 12.3. The first-order chi connectivity index (χ1) is 8.15. The highest BCUT2D eigenvalue weighted by Gasteiger charge is 1.96. The van der Waals surface area contributed by atoms with Crippen LogP contribution < -0.4 is 11.2 Å². The van der Waals surface area contributed by atoms with Crippen molar-refractivity contribution >= 4 is 11.9 Å². The van der Waals surface area contributed by atoms with E-state index >= 15 is 0 Å². The third-order valence-corrected chi connectivity index (χ3v) is 2.05. The summed E-state index contributed by atoms with van der Waals surface area (Å²) in [7, 11) is 0. The van der Waals surface area contributed by atoms with Crippen molar-refractivity contribution in [3.05, 3.63) is 56.6 Å². The highest BCUT2D eigenvalue weighted by Crippen LogP contribution is 2.00. The fourth-order valence-electron chi connectivity index (χ4n) is 1.27. The van der Waals surface area contributed by atoms with Crippen LogP contribution in [0.3, 0.4) is 0 Å². The number of hydrogen-bond donors (Lipinski definition) is 2. The summed E-state index contributed by atoms with van der Waals surface area (Å²) in [6, 6.07) is 5.49. The summed E-state index contributed by atoms with van der Waals surface area (Å²) in [5, 5.41) is 0. The van der Waals surface area contributed by atoms with Crippen molar-refractivity contribution in [1.82, 2.24) is 15.0 Å². The van der Waals surface area contributed by atoms with Crippen molar-refractivity contribution in [2.24, 2.45) is 4.99 Å². The highest BCUT2D eigenvalue weighted by atomic mass is 16.2.